The summed E-state index contributed by atoms with van der Waals surface area (Å²) in [6, 6.07) is 36.4. The van der Waals surface area contributed by atoms with Gasteiger partial charge in [0.1, 0.15) is 0 Å². The van der Waals surface area contributed by atoms with Crippen LogP contribution in [0.2, 0.25) is 0 Å². The lowest BCUT2D eigenvalue weighted by molar-refractivity contribution is 0.318. The summed E-state index contributed by atoms with van der Waals surface area (Å²) in [4.78, 5) is 10.6. The molecule has 0 amide bonds. The van der Waals surface area contributed by atoms with E-state index in [0.717, 1.165) is 0 Å². The molecule has 2 heteroatoms. The lowest BCUT2D eigenvalue weighted by atomic mass is 9.84. The van der Waals surface area contributed by atoms with Gasteiger partial charge in [-0.2, -0.15) is 0 Å². The molecule has 2 aliphatic carbocycles. The van der Waals surface area contributed by atoms with Crippen LogP contribution in [-0.2, 0) is 0 Å². The van der Waals surface area contributed by atoms with Crippen LogP contribution in [0.5, 0.6) is 0 Å². The number of benzene rings is 5. The second-order valence-corrected chi connectivity index (χ2v) is 13.9. The second kappa shape index (κ2) is 14.2. The fourth-order valence-electron chi connectivity index (χ4n) is 8.11. The number of hydrogen-bond donors (Lipinski definition) is 0. The Morgan fingerprint density at radius 2 is 0.870 bits per heavy atom. The highest BCUT2D eigenvalue weighted by atomic mass is 14.8. The van der Waals surface area contributed by atoms with Crippen LogP contribution in [0.25, 0.3) is 43.8 Å². The van der Waals surface area contributed by atoms with E-state index in [2.05, 4.69) is 123 Å². The van der Waals surface area contributed by atoms with Crippen molar-refractivity contribution in [1.29, 1.82) is 0 Å². The third-order valence-electron chi connectivity index (χ3n) is 10.9. The monoisotopic (exact) mass is 604 g/mol. The number of rotatable bonds is 8. The third kappa shape index (κ3) is 6.59. The van der Waals surface area contributed by atoms with E-state index >= 15 is 0 Å². The van der Waals surface area contributed by atoms with Crippen molar-refractivity contribution in [2.75, 3.05) is 0 Å². The number of hydrogen-bond acceptors (Lipinski definition) is 2. The van der Waals surface area contributed by atoms with Gasteiger partial charge in [-0.1, -0.05) is 123 Å². The first-order chi connectivity index (χ1) is 22.7. The van der Waals surface area contributed by atoms with Gasteiger partial charge in [0.05, 0.1) is 0 Å². The Morgan fingerprint density at radius 1 is 0.478 bits per heavy atom. The van der Waals surface area contributed by atoms with Gasteiger partial charge in [0.25, 0.3) is 0 Å². The van der Waals surface area contributed by atoms with E-state index in [1.807, 2.05) is 0 Å². The minimum Gasteiger partial charge on any atom is -0.289 e. The SMILES string of the molecule is C[C@H](N=Cc1cc(-c2cccc3ccccc23)c(C=N[C@@H](C)C2CCCCC2)cc1-c1cccc2ccccc12)C1CCCCC1. The standard InChI is InChI=1S/C44H48N2/c1-31(33-15-5-3-6-16-33)45-29-37-27-44(42-26-14-22-36-20-10-12-24-40(36)42)38(30-46-32(2)34-17-7-4-8-18-34)28-43(37)41-25-13-21-35-19-9-11-23-39(35)41/h9-14,19-34H,3-8,15-18H2,1-2H3/t31-,32-/m0/s1. The second-order valence-electron chi connectivity index (χ2n) is 13.9. The summed E-state index contributed by atoms with van der Waals surface area (Å²) in [5, 5.41) is 5.07. The molecule has 0 saturated heterocycles. The zero-order valence-corrected chi connectivity index (χ0v) is 27.7. The molecule has 5 aromatic rings. The highest BCUT2D eigenvalue weighted by Crippen LogP contribution is 2.38. The van der Waals surface area contributed by atoms with Crippen molar-refractivity contribution in [3.8, 4) is 22.3 Å². The molecule has 0 bridgehead atoms. The lowest BCUT2D eigenvalue weighted by Crippen LogP contribution is -2.18. The molecule has 0 N–H and O–H groups in total. The molecule has 0 spiro atoms. The molecule has 46 heavy (non-hydrogen) atoms. The fraction of sp³-hybridized carbons (Fsp3) is 0.364. The molecular weight excluding hydrogens is 556 g/mol. The summed E-state index contributed by atoms with van der Waals surface area (Å²) in [5.41, 5.74) is 7.33. The number of fused-ring (bicyclic) bond motifs is 2. The van der Waals surface area contributed by atoms with E-state index in [9.17, 15) is 0 Å². The first kappa shape index (κ1) is 30.6. The number of nitrogens with zero attached hydrogens (tertiary/aromatic N) is 2. The van der Waals surface area contributed by atoms with Crippen LogP contribution < -0.4 is 0 Å². The Kier molecular flexibility index (Phi) is 9.42. The van der Waals surface area contributed by atoms with E-state index in [4.69, 9.17) is 9.98 Å². The van der Waals surface area contributed by atoms with Crippen LogP contribution in [0.4, 0.5) is 0 Å². The molecule has 0 heterocycles. The van der Waals surface area contributed by atoms with Crippen molar-refractivity contribution in [1.82, 2.24) is 0 Å². The van der Waals surface area contributed by atoms with Gasteiger partial charge < -0.3 is 0 Å². The van der Waals surface area contributed by atoms with Crippen molar-refractivity contribution in [2.45, 2.75) is 90.1 Å². The highest BCUT2D eigenvalue weighted by Gasteiger charge is 2.21. The van der Waals surface area contributed by atoms with Gasteiger partial charge in [-0.25, -0.2) is 0 Å². The summed E-state index contributed by atoms with van der Waals surface area (Å²) in [6.07, 6.45) is 17.7. The molecule has 5 aromatic carbocycles. The van der Waals surface area contributed by atoms with Crippen molar-refractivity contribution >= 4 is 34.0 Å². The molecule has 2 saturated carbocycles. The average molecular weight is 605 g/mol. The van der Waals surface area contributed by atoms with Gasteiger partial charge in [0.15, 0.2) is 0 Å². The van der Waals surface area contributed by atoms with Gasteiger partial charge in [-0.3, -0.25) is 9.98 Å². The molecule has 0 aromatic heterocycles. The zero-order chi connectivity index (χ0) is 31.3. The van der Waals surface area contributed by atoms with Gasteiger partial charge in [0, 0.05) is 35.6 Å². The molecular formula is C44H48N2. The largest absolute Gasteiger partial charge is 0.289 e. The Bertz CT molecular complexity index is 1700. The van der Waals surface area contributed by atoms with Gasteiger partial charge in [-0.15, -0.1) is 0 Å². The summed E-state index contributed by atoms with van der Waals surface area (Å²) < 4.78 is 0. The van der Waals surface area contributed by atoms with Crippen molar-refractivity contribution in [2.24, 2.45) is 21.8 Å². The van der Waals surface area contributed by atoms with E-state index in [-0.39, 0.29) is 0 Å². The smallest absolute Gasteiger partial charge is 0.0499 e. The lowest BCUT2D eigenvalue weighted by Gasteiger charge is -2.25. The summed E-state index contributed by atoms with van der Waals surface area (Å²) in [6.45, 7) is 4.65. The van der Waals surface area contributed by atoms with Crippen LogP contribution >= 0.6 is 0 Å². The topological polar surface area (TPSA) is 24.7 Å². The maximum Gasteiger partial charge on any atom is 0.0499 e. The van der Waals surface area contributed by atoms with E-state index in [1.54, 1.807) is 0 Å². The van der Waals surface area contributed by atoms with Crippen LogP contribution in [0.15, 0.2) is 107 Å². The maximum absolute atomic E-state index is 5.29. The summed E-state index contributed by atoms with van der Waals surface area (Å²) in [5.74, 6) is 1.35. The zero-order valence-electron chi connectivity index (χ0n) is 27.7. The van der Waals surface area contributed by atoms with Crippen LogP contribution in [0.1, 0.15) is 89.2 Å². The fourth-order valence-corrected chi connectivity index (χ4v) is 8.11. The minimum absolute atomic E-state index is 0.319. The van der Waals surface area contributed by atoms with Gasteiger partial charge in [0.2, 0.25) is 0 Å². The first-order valence-corrected chi connectivity index (χ1v) is 17.9. The molecule has 0 unspecified atom stereocenters. The maximum atomic E-state index is 5.29. The quantitative estimate of drug-likeness (QED) is 0.157. The van der Waals surface area contributed by atoms with Gasteiger partial charge >= 0.3 is 0 Å². The molecule has 2 aliphatic rings. The minimum atomic E-state index is 0.319. The Labute approximate surface area is 275 Å². The average Bonchev–Trinajstić information content (AvgIpc) is 3.13. The van der Waals surface area contributed by atoms with Crippen LogP contribution in [0, 0.1) is 11.8 Å². The van der Waals surface area contributed by atoms with Crippen LogP contribution in [0.3, 0.4) is 0 Å². The predicted molar refractivity (Wildman–Crippen MR) is 200 cm³/mol. The Balaban J connectivity index is 1.41. The Morgan fingerprint density at radius 3 is 1.30 bits per heavy atom. The molecule has 2 nitrogen and oxygen atoms in total. The predicted octanol–water partition coefficient (Wildman–Crippen LogP) is 12.1. The normalized spacial score (nSPS) is 18.1. The van der Waals surface area contributed by atoms with E-state index in [1.165, 1.54) is 119 Å². The van der Waals surface area contributed by atoms with E-state index in [0.29, 0.717) is 23.9 Å². The number of aliphatic imine (C=N–C) groups is 2. The molecule has 0 radical (unpaired) electrons. The first-order valence-electron chi connectivity index (χ1n) is 17.9. The molecule has 2 atom stereocenters. The molecule has 2 fully saturated rings. The van der Waals surface area contributed by atoms with E-state index < -0.39 is 0 Å². The molecule has 7 rings (SSSR count). The van der Waals surface area contributed by atoms with Crippen molar-refractivity contribution < 1.29 is 0 Å². The van der Waals surface area contributed by atoms with Gasteiger partial charge in [-0.05, 0) is 107 Å². The van der Waals surface area contributed by atoms with Crippen molar-refractivity contribution in [3.05, 3.63) is 108 Å². The molecule has 234 valence electrons. The van der Waals surface area contributed by atoms with Crippen LogP contribution in [-0.4, -0.2) is 24.5 Å². The highest BCUT2D eigenvalue weighted by molar-refractivity contribution is 6.07. The third-order valence-corrected chi connectivity index (χ3v) is 10.9. The summed E-state index contributed by atoms with van der Waals surface area (Å²) in [7, 11) is 0. The Hall–Kier alpha value is -4.04. The summed E-state index contributed by atoms with van der Waals surface area (Å²) >= 11 is 0. The molecule has 0 aliphatic heterocycles. The van der Waals surface area contributed by atoms with Crippen molar-refractivity contribution in [3.63, 3.8) is 0 Å².